The van der Waals surface area contributed by atoms with Crippen molar-refractivity contribution < 1.29 is 0 Å². The molecule has 0 saturated heterocycles. The van der Waals surface area contributed by atoms with Crippen LogP contribution < -0.4 is 5.73 Å². The quantitative estimate of drug-likeness (QED) is 0.628. The molecule has 2 heteroatoms. The third-order valence-corrected chi connectivity index (χ3v) is 2.54. The van der Waals surface area contributed by atoms with E-state index in [0.717, 1.165) is 5.92 Å². The van der Waals surface area contributed by atoms with Gasteiger partial charge < -0.3 is 5.73 Å². The summed E-state index contributed by atoms with van der Waals surface area (Å²) < 4.78 is 0. The number of hydrogen-bond donors (Lipinski definition) is 1. The van der Waals surface area contributed by atoms with Crippen LogP contribution in [-0.4, -0.2) is 17.5 Å². The largest absolute Gasteiger partial charge is 0.328 e. The minimum atomic E-state index is 0.425. The molecule has 1 nitrogen and oxygen atoms in total. The van der Waals surface area contributed by atoms with Gasteiger partial charge in [-0.3, -0.25) is 0 Å². The van der Waals surface area contributed by atoms with Crippen molar-refractivity contribution >= 4 is 11.8 Å². The lowest BCUT2D eigenvalue weighted by molar-refractivity contribution is 0.488. The van der Waals surface area contributed by atoms with Crippen molar-refractivity contribution in [1.82, 2.24) is 0 Å². The van der Waals surface area contributed by atoms with Crippen LogP contribution >= 0.6 is 11.8 Å². The van der Waals surface area contributed by atoms with E-state index in [9.17, 15) is 0 Å². The van der Waals surface area contributed by atoms with E-state index in [-0.39, 0.29) is 0 Å². The summed E-state index contributed by atoms with van der Waals surface area (Å²) in [5.41, 5.74) is 5.90. The fourth-order valence-corrected chi connectivity index (χ4v) is 1.86. The zero-order chi connectivity index (χ0) is 8.69. The van der Waals surface area contributed by atoms with Crippen molar-refractivity contribution in [2.75, 3.05) is 11.5 Å². The van der Waals surface area contributed by atoms with E-state index in [2.05, 4.69) is 20.8 Å². The summed E-state index contributed by atoms with van der Waals surface area (Å²) in [6.07, 6.45) is 2.35. The first-order chi connectivity index (χ1) is 5.16. The molecule has 0 amide bonds. The van der Waals surface area contributed by atoms with Gasteiger partial charge in [-0.1, -0.05) is 20.8 Å². The normalized spacial score (nSPS) is 13.9. The number of nitrogens with two attached hydrogens (primary N) is 1. The summed E-state index contributed by atoms with van der Waals surface area (Å²) in [4.78, 5) is 0. The highest BCUT2D eigenvalue weighted by Crippen LogP contribution is 2.09. The zero-order valence-electron chi connectivity index (χ0n) is 7.97. The first kappa shape index (κ1) is 11.3. The van der Waals surface area contributed by atoms with Gasteiger partial charge in [0.1, 0.15) is 0 Å². The first-order valence-electron chi connectivity index (χ1n) is 4.50. The molecule has 0 aromatic rings. The van der Waals surface area contributed by atoms with Gasteiger partial charge in [-0.2, -0.15) is 11.8 Å². The molecule has 0 aromatic heterocycles. The van der Waals surface area contributed by atoms with Crippen molar-refractivity contribution in [3.05, 3.63) is 0 Å². The van der Waals surface area contributed by atoms with Crippen molar-refractivity contribution in [2.24, 2.45) is 11.7 Å². The summed E-state index contributed by atoms with van der Waals surface area (Å²) in [5.74, 6) is 3.19. The van der Waals surface area contributed by atoms with Gasteiger partial charge in [0, 0.05) is 6.04 Å². The van der Waals surface area contributed by atoms with Crippen molar-refractivity contribution in [3.8, 4) is 0 Å². The molecule has 0 aliphatic carbocycles. The van der Waals surface area contributed by atoms with Gasteiger partial charge in [-0.05, 0) is 30.3 Å². The maximum atomic E-state index is 5.90. The molecule has 0 fully saturated rings. The summed E-state index contributed by atoms with van der Waals surface area (Å²) in [7, 11) is 0. The molecular weight excluding hydrogens is 154 g/mol. The van der Waals surface area contributed by atoms with E-state index >= 15 is 0 Å². The standard InChI is InChI=1S/C9H21NS/c1-4-11-6-5-9(10)7-8(2)3/h8-9H,4-7,10H2,1-3H3. The Morgan fingerprint density at radius 3 is 2.45 bits per heavy atom. The molecule has 0 spiro atoms. The van der Waals surface area contributed by atoms with E-state index in [1.54, 1.807) is 0 Å². The van der Waals surface area contributed by atoms with Crippen LogP contribution in [0.4, 0.5) is 0 Å². The van der Waals surface area contributed by atoms with Crippen LogP contribution in [0.5, 0.6) is 0 Å². The topological polar surface area (TPSA) is 26.0 Å². The van der Waals surface area contributed by atoms with Gasteiger partial charge in [-0.15, -0.1) is 0 Å². The molecule has 0 heterocycles. The molecule has 0 radical (unpaired) electrons. The fraction of sp³-hybridized carbons (Fsp3) is 1.00. The molecule has 68 valence electrons. The second kappa shape index (κ2) is 6.99. The average Bonchev–Trinajstić information content (AvgIpc) is 1.86. The van der Waals surface area contributed by atoms with E-state index in [1.165, 1.54) is 24.3 Å². The lowest BCUT2D eigenvalue weighted by Gasteiger charge is -2.12. The molecule has 2 N–H and O–H groups in total. The Bertz CT molecular complexity index is 83.6. The van der Waals surface area contributed by atoms with Gasteiger partial charge in [0.2, 0.25) is 0 Å². The SMILES string of the molecule is CCSCCC(N)CC(C)C. The summed E-state index contributed by atoms with van der Waals surface area (Å²) in [5, 5.41) is 0. The minimum Gasteiger partial charge on any atom is -0.328 e. The molecule has 1 unspecified atom stereocenters. The Kier molecular flexibility index (Phi) is 7.18. The van der Waals surface area contributed by atoms with Crippen molar-refractivity contribution in [1.29, 1.82) is 0 Å². The summed E-state index contributed by atoms with van der Waals surface area (Å²) >= 11 is 1.98. The van der Waals surface area contributed by atoms with Crippen LogP contribution in [0.15, 0.2) is 0 Å². The summed E-state index contributed by atoms with van der Waals surface area (Å²) in [6, 6.07) is 0.425. The minimum absolute atomic E-state index is 0.425. The number of rotatable bonds is 6. The van der Waals surface area contributed by atoms with Gasteiger partial charge >= 0.3 is 0 Å². The highest BCUT2D eigenvalue weighted by Gasteiger charge is 2.04. The van der Waals surface area contributed by atoms with E-state index in [0.29, 0.717) is 6.04 Å². The number of hydrogen-bond acceptors (Lipinski definition) is 2. The monoisotopic (exact) mass is 175 g/mol. The van der Waals surface area contributed by atoms with E-state index < -0.39 is 0 Å². The smallest absolute Gasteiger partial charge is 0.00491 e. The van der Waals surface area contributed by atoms with Crippen LogP contribution in [-0.2, 0) is 0 Å². The lowest BCUT2D eigenvalue weighted by Crippen LogP contribution is -2.22. The molecule has 0 bridgehead atoms. The predicted molar refractivity (Wildman–Crippen MR) is 55.0 cm³/mol. The second-order valence-electron chi connectivity index (χ2n) is 3.38. The van der Waals surface area contributed by atoms with Crippen LogP contribution in [0.1, 0.15) is 33.6 Å². The third kappa shape index (κ3) is 8.21. The predicted octanol–water partition coefficient (Wildman–Crippen LogP) is 2.50. The van der Waals surface area contributed by atoms with Gasteiger partial charge in [0.15, 0.2) is 0 Å². The Morgan fingerprint density at radius 2 is 2.00 bits per heavy atom. The maximum Gasteiger partial charge on any atom is 0.00491 e. The second-order valence-corrected chi connectivity index (χ2v) is 4.77. The van der Waals surface area contributed by atoms with E-state index in [1.807, 2.05) is 11.8 Å². The molecule has 0 aliphatic heterocycles. The molecular formula is C9H21NS. The van der Waals surface area contributed by atoms with Crippen LogP contribution in [0.3, 0.4) is 0 Å². The molecule has 0 aliphatic rings. The Morgan fingerprint density at radius 1 is 1.36 bits per heavy atom. The Balaban J connectivity index is 3.15. The lowest BCUT2D eigenvalue weighted by atomic mass is 10.0. The van der Waals surface area contributed by atoms with Crippen LogP contribution in [0.25, 0.3) is 0 Å². The summed E-state index contributed by atoms with van der Waals surface area (Å²) in [6.45, 7) is 6.65. The highest BCUT2D eigenvalue weighted by molar-refractivity contribution is 7.99. The Hall–Kier alpha value is 0.310. The molecule has 11 heavy (non-hydrogen) atoms. The van der Waals surface area contributed by atoms with Crippen LogP contribution in [0.2, 0.25) is 0 Å². The van der Waals surface area contributed by atoms with Crippen LogP contribution in [0, 0.1) is 5.92 Å². The average molecular weight is 175 g/mol. The van der Waals surface area contributed by atoms with Gasteiger partial charge in [0.05, 0.1) is 0 Å². The molecule has 1 atom stereocenters. The zero-order valence-corrected chi connectivity index (χ0v) is 8.79. The fourth-order valence-electron chi connectivity index (χ4n) is 1.10. The van der Waals surface area contributed by atoms with Crippen molar-refractivity contribution in [3.63, 3.8) is 0 Å². The highest BCUT2D eigenvalue weighted by atomic mass is 32.2. The number of thioether (sulfide) groups is 1. The molecule has 0 rings (SSSR count). The molecule has 0 saturated carbocycles. The maximum absolute atomic E-state index is 5.90. The van der Waals surface area contributed by atoms with Gasteiger partial charge in [0.25, 0.3) is 0 Å². The van der Waals surface area contributed by atoms with Crippen molar-refractivity contribution in [2.45, 2.75) is 39.7 Å². The first-order valence-corrected chi connectivity index (χ1v) is 5.65. The van der Waals surface area contributed by atoms with Gasteiger partial charge in [-0.25, -0.2) is 0 Å². The van der Waals surface area contributed by atoms with E-state index in [4.69, 9.17) is 5.73 Å². The molecule has 0 aromatic carbocycles. The Labute approximate surface area is 75.1 Å². The third-order valence-electron chi connectivity index (χ3n) is 1.61.